The summed E-state index contributed by atoms with van der Waals surface area (Å²) in [6, 6.07) is 9.24. The molecule has 3 rings (SSSR count). The van der Waals surface area contributed by atoms with Crippen LogP contribution in [0.1, 0.15) is 83.6 Å². The summed E-state index contributed by atoms with van der Waals surface area (Å²) in [5.74, 6) is -0.265. The van der Waals surface area contributed by atoms with Gasteiger partial charge in [-0.05, 0) is 64.7 Å². The molecule has 0 aromatic heterocycles. The topological polar surface area (TPSA) is 66.9 Å². The fourth-order valence-corrected chi connectivity index (χ4v) is 5.36. The minimum atomic E-state index is -1.19. The van der Waals surface area contributed by atoms with Gasteiger partial charge in [0.2, 0.25) is 11.7 Å². The molecule has 2 amide bonds. The van der Waals surface area contributed by atoms with Crippen LogP contribution in [0.25, 0.3) is 0 Å². The maximum absolute atomic E-state index is 13.2. The van der Waals surface area contributed by atoms with Crippen LogP contribution in [0.4, 0.5) is 0 Å². The predicted octanol–water partition coefficient (Wildman–Crippen LogP) is 7.76. The van der Waals surface area contributed by atoms with E-state index in [9.17, 15) is 14.4 Å². The molecule has 6 heteroatoms. The van der Waals surface area contributed by atoms with Crippen LogP contribution in [-0.2, 0) is 24.7 Å². The van der Waals surface area contributed by atoms with Gasteiger partial charge in [-0.3, -0.25) is 14.4 Å². The van der Waals surface area contributed by atoms with Gasteiger partial charge in [-0.2, -0.15) is 0 Å². The number of hydrogen-bond acceptors (Lipinski definition) is 4. The first kappa shape index (κ1) is 34.6. The predicted molar refractivity (Wildman–Crippen MR) is 179 cm³/mol. The third kappa shape index (κ3) is 10.7. The Labute approximate surface area is 264 Å². The molecule has 1 aromatic rings. The fourth-order valence-electron chi connectivity index (χ4n) is 5.36. The van der Waals surface area contributed by atoms with E-state index in [1.165, 1.54) is 6.08 Å². The van der Waals surface area contributed by atoms with E-state index in [0.717, 1.165) is 50.5 Å². The minimum absolute atomic E-state index is 0.00368. The van der Waals surface area contributed by atoms with Gasteiger partial charge in [0, 0.05) is 44.2 Å². The molecule has 1 saturated heterocycles. The van der Waals surface area contributed by atoms with Crippen molar-refractivity contribution in [1.29, 1.82) is 0 Å². The molecule has 1 unspecified atom stereocenters. The summed E-state index contributed by atoms with van der Waals surface area (Å²) in [5.41, 5.74) is -0.463. The van der Waals surface area contributed by atoms with Gasteiger partial charge in [-0.1, -0.05) is 98.0 Å². The Bertz CT molecular complexity index is 1250. The zero-order chi connectivity index (χ0) is 31.6. The molecule has 0 saturated carbocycles. The van der Waals surface area contributed by atoms with Crippen LogP contribution in [0.2, 0.25) is 0 Å². The minimum Gasteiger partial charge on any atom is -0.469 e. The van der Waals surface area contributed by atoms with E-state index < -0.39 is 5.60 Å². The molecule has 0 bridgehead atoms. The number of rotatable bonds is 16. The molecule has 1 aromatic carbocycles. The number of piperidine rings is 1. The number of allylic oxidation sites excluding steroid dienone is 10. The van der Waals surface area contributed by atoms with Crippen molar-refractivity contribution in [2.45, 2.75) is 89.7 Å². The average molecular weight is 599 g/mol. The van der Waals surface area contributed by atoms with Crippen molar-refractivity contribution in [2.24, 2.45) is 0 Å². The van der Waals surface area contributed by atoms with Gasteiger partial charge in [-0.25, -0.2) is 0 Å². The number of carbonyl (C=O) groups is 3. The van der Waals surface area contributed by atoms with Crippen LogP contribution >= 0.6 is 0 Å². The molecule has 6 nitrogen and oxygen atoms in total. The number of carbonyl (C=O) groups excluding carboxylic acids is 3. The van der Waals surface area contributed by atoms with Gasteiger partial charge in [0.15, 0.2) is 11.4 Å². The summed E-state index contributed by atoms with van der Waals surface area (Å²) >= 11 is 0. The van der Waals surface area contributed by atoms with Gasteiger partial charge in [-0.15, -0.1) is 0 Å². The number of nitrogens with zero attached hydrogens (tertiary/aromatic N) is 2. The number of likely N-dealkylation sites (tertiary alicyclic amines) is 1. The Morgan fingerprint density at radius 1 is 0.886 bits per heavy atom. The van der Waals surface area contributed by atoms with E-state index in [0.29, 0.717) is 32.4 Å². The lowest BCUT2D eigenvalue weighted by Gasteiger charge is -2.37. The quantitative estimate of drug-likeness (QED) is 0.144. The molecule has 0 radical (unpaired) electrons. The Hall–Kier alpha value is -3.93. The second-order valence-corrected chi connectivity index (χ2v) is 11.5. The molecule has 2 heterocycles. The largest absolute Gasteiger partial charge is 0.469 e. The van der Waals surface area contributed by atoms with Crippen LogP contribution in [-0.4, -0.2) is 53.6 Å². The SMILES string of the molecule is CC/C=C\C/C=C\C/C=C\C/C=C\C/C=C\CCCC(=O)N1CCC(N(C)C(=O)C2=CC(=O)C(C)(c3ccccc3)O2)CC1. The standard InChI is InChI=1S/C38H50N2O4/c1-4-5-6-7-8-9-10-11-12-13-14-15-16-17-18-19-23-26-36(42)40-29-27-33(28-30-40)39(3)37(43)34-31-35(41)38(2,44-34)32-24-21-20-22-25-32/h5-6,8-9,11-12,14-15,17-18,20-22,24-25,31,33H,4,7,10,13,16,19,23,26-30H2,1-3H3/b6-5-,9-8-,12-11-,15-14-,18-17-. The van der Waals surface area contributed by atoms with Crippen molar-refractivity contribution >= 4 is 17.6 Å². The van der Waals surface area contributed by atoms with Crippen molar-refractivity contribution in [2.75, 3.05) is 20.1 Å². The van der Waals surface area contributed by atoms with Gasteiger partial charge in [0.05, 0.1) is 0 Å². The van der Waals surface area contributed by atoms with Crippen molar-refractivity contribution in [3.63, 3.8) is 0 Å². The Kier molecular flexibility index (Phi) is 14.7. The van der Waals surface area contributed by atoms with Gasteiger partial charge < -0.3 is 14.5 Å². The number of unbranched alkanes of at least 4 members (excludes halogenated alkanes) is 1. The highest BCUT2D eigenvalue weighted by Gasteiger charge is 2.44. The summed E-state index contributed by atoms with van der Waals surface area (Å²) in [5, 5.41) is 0. The first-order chi connectivity index (χ1) is 21.4. The molecule has 2 aliphatic heterocycles. The summed E-state index contributed by atoms with van der Waals surface area (Å²) in [7, 11) is 1.75. The van der Waals surface area contributed by atoms with Crippen LogP contribution < -0.4 is 0 Å². The van der Waals surface area contributed by atoms with Crippen LogP contribution in [0.15, 0.2) is 103 Å². The van der Waals surface area contributed by atoms with E-state index in [4.69, 9.17) is 4.74 Å². The normalized spacial score (nSPS) is 19.7. The van der Waals surface area contributed by atoms with Crippen molar-refractivity contribution in [3.05, 3.63) is 108 Å². The molecule has 0 N–H and O–H groups in total. The maximum Gasteiger partial charge on any atom is 0.289 e. The Morgan fingerprint density at radius 2 is 1.43 bits per heavy atom. The summed E-state index contributed by atoms with van der Waals surface area (Å²) in [6.45, 7) is 5.11. The van der Waals surface area contributed by atoms with Gasteiger partial charge in [0.1, 0.15) is 0 Å². The van der Waals surface area contributed by atoms with Crippen LogP contribution in [0.5, 0.6) is 0 Å². The summed E-state index contributed by atoms with van der Waals surface area (Å²) in [4.78, 5) is 42.3. The number of ketones is 1. The van der Waals surface area contributed by atoms with Crippen molar-refractivity contribution in [3.8, 4) is 0 Å². The third-order valence-electron chi connectivity index (χ3n) is 8.19. The molecule has 236 valence electrons. The van der Waals surface area contributed by atoms with Gasteiger partial charge >= 0.3 is 0 Å². The Morgan fingerprint density at radius 3 is 2.00 bits per heavy atom. The maximum atomic E-state index is 13.2. The van der Waals surface area contributed by atoms with Crippen molar-refractivity contribution in [1.82, 2.24) is 9.80 Å². The first-order valence-corrected chi connectivity index (χ1v) is 16.2. The highest BCUT2D eigenvalue weighted by atomic mass is 16.5. The molecule has 1 atom stereocenters. The van der Waals surface area contributed by atoms with Crippen LogP contribution in [0, 0.1) is 0 Å². The molecule has 1 fully saturated rings. The van der Waals surface area contributed by atoms with E-state index >= 15 is 0 Å². The fraction of sp³-hybridized carbons (Fsp3) is 0.447. The van der Waals surface area contributed by atoms with Crippen molar-refractivity contribution < 1.29 is 19.1 Å². The number of amides is 2. The lowest BCUT2D eigenvalue weighted by atomic mass is 9.92. The number of ether oxygens (including phenoxy) is 1. The highest BCUT2D eigenvalue weighted by Crippen LogP contribution is 2.35. The second-order valence-electron chi connectivity index (χ2n) is 11.5. The molecule has 2 aliphatic rings. The zero-order valence-corrected chi connectivity index (χ0v) is 26.8. The lowest BCUT2D eigenvalue weighted by Crippen LogP contribution is -2.47. The van der Waals surface area contributed by atoms with Crippen LogP contribution in [0.3, 0.4) is 0 Å². The molecule has 0 aliphatic carbocycles. The van der Waals surface area contributed by atoms with E-state index in [1.54, 1.807) is 18.9 Å². The summed E-state index contributed by atoms with van der Waals surface area (Å²) < 4.78 is 5.95. The number of likely N-dealkylation sites (N-methyl/N-ethyl adjacent to an activating group) is 1. The zero-order valence-electron chi connectivity index (χ0n) is 26.8. The highest BCUT2D eigenvalue weighted by molar-refractivity contribution is 6.07. The first-order valence-electron chi connectivity index (χ1n) is 16.2. The smallest absolute Gasteiger partial charge is 0.289 e. The third-order valence-corrected chi connectivity index (χ3v) is 8.19. The van der Waals surface area contributed by atoms with E-state index in [2.05, 4.69) is 67.7 Å². The average Bonchev–Trinajstić information content (AvgIpc) is 3.36. The molecular weight excluding hydrogens is 548 g/mol. The molecular formula is C38H50N2O4. The second kappa shape index (κ2) is 18.7. The number of hydrogen-bond donors (Lipinski definition) is 0. The Balaban J connectivity index is 1.27. The monoisotopic (exact) mass is 598 g/mol. The number of benzene rings is 1. The van der Waals surface area contributed by atoms with Gasteiger partial charge in [0.25, 0.3) is 5.91 Å². The van der Waals surface area contributed by atoms with E-state index in [1.807, 2.05) is 35.2 Å². The lowest BCUT2D eigenvalue weighted by molar-refractivity contribution is -0.138. The summed E-state index contributed by atoms with van der Waals surface area (Å²) in [6.07, 6.45) is 31.8. The molecule has 44 heavy (non-hydrogen) atoms. The van der Waals surface area contributed by atoms with E-state index in [-0.39, 0.29) is 29.4 Å². The molecule has 0 spiro atoms.